The Morgan fingerprint density at radius 2 is 2.05 bits per heavy atom. The lowest BCUT2D eigenvalue weighted by Gasteiger charge is -2.40. The highest BCUT2D eigenvalue weighted by molar-refractivity contribution is 6.06. The summed E-state index contributed by atoms with van der Waals surface area (Å²) in [6.07, 6.45) is 0.200. The number of hydrogen-bond acceptors (Lipinski definition) is 4. The van der Waals surface area contributed by atoms with Gasteiger partial charge in [0.15, 0.2) is 0 Å². The van der Waals surface area contributed by atoms with E-state index in [-0.39, 0.29) is 18.9 Å². The van der Waals surface area contributed by atoms with Gasteiger partial charge in [-0.2, -0.15) is 5.10 Å². The smallest absolute Gasteiger partial charge is 0.252 e. The first-order valence-electron chi connectivity index (χ1n) is 6.87. The van der Waals surface area contributed by atoms with Gasteiger partial charge in [-0.1, -0.05) is 0 Å². The summed E-state index contributed by atoms with van der Waals surface area (Å²) in [6, 6.07) is 1.94. The number of aryl methyl sites for hydroxylation is 3. The molecule has 1 N–H and O–H groups in total. The van der Waals surface area contributed by atoms with Crippen molar-refractivity contribution in [2.75, 3.05) is 6.54 Å². The summed E-state index contributed by atoms with van der Waals surface area (Å²) in [6.45, 7) is 7.43. The number of aromatic nitrogens is 2. The highest BCUT2D eigenvalue weighted by atomic mass is 16.2. The van der Waals surface area contributed by atoms with Crippen LogP contribution in [0.3, 0.4) is 0 Å². The van der Waals surface area contributed by atoms with E-state index in [4.69, 9.17) is 0 Å². The summed E-state index contributed by atoms with van der Waals surface area (Å²) < 4.78 is 1.76. The maximum Gasteiger partial charge on any atom is 0.252 e. The molecule has 0 saturated carbocycles. The van der Waals surface area contributed by atoms with E-state index >= 15 is 0 Å². The lowest BCUT2D eigenvalue weighted by molar-refractivity contribution is -0.155. The Kier molecular flexibility index (Phi) is 3.85. The lowest BCUT2D eigenvalue weighted by Crippen LogP contribution is -2.65. The van der Waals surface area contributed by atoms with E-state index in [0.29, 0.717) is 6.54 Å². The molecule has 21 heavy (non-hydrogen) atoms. The van der Waals surface area contributed by atoms with Gasteiger partial charge >= 0.3 is 0 Å². The Morgan fingerprint density at radius 1 is 1.38 bits per heavy atom. The van der Waals surface area contributed by atoms with Gasteiger partial charge in [-0.25, -0.2) is 0 Å². The summed E-state index contributed by atoms with van der Waals surface area (Å²) in [5.74, 6) is -1.12. The van der Waals surface area contributed by atoms with Crippen LogP contribution >= 0.6 is 0 Å². The molecule has 0 atom stereocenters. The third kappa shape index (κ3) is 2.96. The van der Waals surface area contributed by atoms with Crippen LogP contribution in [0.15, 0.2) is 6.07 Å². The summed E-state index contributed by atoms with van der Waals surface area (Å²) in [5.41, 5.74) is 0.861. The Morgan fingerprint density at radius 3 is 2.62 bits per heavy atom. The number of piperazine rings is 1. The molecule has 114 valence electrons. The first-order valence-corrected chi connectivity index (χ1v) is 6.87. The minimum Gasteiger partial charge on any atom is -0.319 e. The van der Waals surface area contributed by atoms with Crippen LogP contribution in [0.4, 0.5) is 0 Å². The number of amides is 3. The third-order valence-electron chi connectivity index (χ3n) is 3.73. The van der Waals surface area contributed by atoms with Gasteiger partial charge in [0, 0.05) is 18.7 Å². The first-order chi connectivity index (χ1) is 9.71. The molecule has 0 radical (unpaired) electrons. The normalized spacial score (nSPS) is 17.8. The van der Waals surface area contributed by atoms with Crippen LogP contribution in [0.25, 0.3) is 0 Å². The zero-order valence-electron chi connectivity index (χ0n) is 12.8. The van der Waals surface area contributed by atoms with Gasteiger partial charge in [0.05, 0.1) is 5.69 Å². The molecule has 0 aliphatic carbocycles. The van der Waals surface area contributed by atoms with Crippen LogP contribution in [0, 0.1) is 13.8 Å². The number of hydrogen-bond donors (Lipinski definition) is 1. The van der Waals surface area contributed by atoms with E-state index in [1.807, 2.05) is 19.9 Å². The van der Waals surface area contributed by atoms with Crippen molar-refractivity contribution in [3.8, 4) is 0 Å². The highest BCUT2D eigenvalue weighted by Crippen LogP contribution is 2.19. The molecule has 1 saturated heterocycles. The van der Waals surface area contributed by atoms with Gasteiger partial charge in [-0.15, -0.1) is 0 Å². The van der Waals surface area contributed by atoms with E-state index in [9.17, 15) is 14.4 Å². The second-order valence-electron chi connectivity index (χ2n) is 5.82. The minimum atomic E-state index is -1.01. The highest BCUT2D eigenvalue weighted by Gasteiger charge is 2.43. The zero-order chi connectivity index (χ0) is 15.8. The molecule has 1 aliphatic rings. The summed E-state index contributed by atoms with van der Waals surface area (Å²) in [5, 5.41) is 6.54. The monoisotopic (exact) mass is 292 g/mol. The van der Waals surface area contributed by atoms with Crippen LogP contribution in [0.2, 0.25) is 0 Å². The van der Waals surface area contributed by atoms with Crippen molar-refractivity contribution < 1.29 is 14.4 Å². The summed E-state index contributed by atoms with van der Waals surface area (Å²) >= 11 is 0. The van der Waals surface area contributed by atoms with E-state index in [2.05, 4.69) is 10.4 Å². The third-order valence-corrected chi connectivity index (χ3v) is 3.73. The molecule has 3 amide bonds. The van der Waals surface area contributed by atoms with Crippen LogP contribution in [-0.4, -0.2) is 44.5 Å². The Balaban J connectivity index is 2.07. The van der Waals surface area contributed by atoms with Crippen LogP contribution in [0.5, 0.6) is 0 Å². The van der Waals surface area contributed by atoms with E-state index in [1.165, 1.54) is 4.90 Å². The van der Waals surface area contributed by atoms with Crippen molar-refractivity contribution in [1.82, 2.24) is 20.0 Å². The van der Waals surface area contributed by atoms with Gasteiger partial charge in [0.2, 0.25) is 11.8 Å². The van der Waals surface area contributed by atoms with E-state index in [0.717, 1.165) is 11.4 Å². The average molecular weight is 292 g/mol. The first kappa shape index (κ1) is 15.2. The Bertz CT molecular complexity index is 603. The molecule has 0 bridgehead atoms. The number of carbonyl (C=O) groups excluding carboxylic acids is 3. The lowest BCUT2D eigenvalue weighted by atomic mass is 9.98. The molecule has 1 aliphatic heterocycles. The van der Waals surface area contributed by atoms with Gasteiger partial charge in [-0.05, 0) is 33.8 Å². The fourth-order valence-corrected chi connectivity index (χ4v) is 2.42. The van der Waals surface area contributed by atoms with Crippen LogP contribution in [-0.2, 0) is 20.9 Å². The number of rotatable bonds is 3. The van der Waals surface area contributed by atoms with Crippen molar-refractivity contribution in [3.05, 3.63) is 17.5 Å². The second-order valence-corrected chi connectivity index (χ2v) is 5.82. The Labute approximate surface area is 123 Å². The number of imide groups is 1. The molecule has 0 unspecified atom stereocenters. The minimum absolute atomic E-state index is 0.0886. The van der Waals surface area contributed by atoms with Gasteiger partial charge < -0.3 is 4.90 Å². The van der Waals surface area contributed by atoms with Crippen LogP contribution < -0.4 is 5.32 Å². The fourth-order valence-electron chi connectivity index (χ4n) is 2.42. The second kappa shape index (κ2) is 5.31. The maximum atomic E-state index is 12.3. The molecule has 0 aromatic carbocycles. The van der Waals surface area contributed by atoms with Crippen molar-refractivity contribution in [3.63, 3.8) is 0 Å². The van der Waals surface area contributed by atoms with Crippen LogP contribution in [0.1, 0.15) is 31.7 Å². The van der Waals surface area contributed by atoms with Gasteiger partial charge in [0.1, 0.15) is 12.1 Å². The van der Waals surface area contributed by atoms with E-state index < -0.39 is 17.4 Å². The molecule has 7 heteroatoms. The fraction of sp³-hybridized carbons (Fsp3) is 0.571. The molecule has 2 rings (SSSR count). The Hall–Kier alpha value is -2.18. The van der Waals surface area contributed by atoms with Crippen molar-refractivity contribution in [2.45, 2.75) is 46.2 Å². The number of carbonyl (C=O) groups is 3. The predicted octanol–water partition coefficient (Wildman–Crippen LogP) is 0.154. The summed E-state index contributed by atoms with van der Waals surface area (Å²) in [4.78, 5) is 37.0. The van der Waals surface area contributed by atoms with Gasteiger partial charge in [0.25, 0.3) is 5.91 Å². The summed E-state index contributed by atoms with van der Waals surface area (Å²) in [7, 11) is 0. The van der Waals surface area contributed by atoms with Crippen molar-refractivity contribution in [2.24, 2.45) is 0 Å². The van der Waals surface area contributed by atoms with Crippen molar-refractivity contribution >= 4 is 17.7 Å². The quantitative estimate of drug-likeness (QED) is 0.804. The topological polar surface area (TPSA) is 84.3 Å². The molecule has 1 aromatic heterocycles. The molecule has 7 nitrogen and oxygen atoms in total. The average Bonchev–Trinajstić information content (AvgIpc) is 2.69. The van der Waals surface area contributed by atoms with Crippen molar-refractivity contribution in [1.29, 1.82) is 0 Å². The number of nitrogens with zero attached hydrogens (tertiary/aromatic N) is 3. The maximum absolute atomic E-state index is 12.3. The molecule has 1 aromatic rings. The molecule has 0 spiro atoms. The molecule has 1 fully saturated rings. The molecule has 2 heterocycles. The number of nitrogens with one attached hydrogen (secondary N) is 1. The van der Waals surface area contributed by atoms with Gasteiger partial charge in [-0.3, -0.25) is 24.4 Å². The predicted molar refractivity (Wildman–Crippen MR) is 75.3 cm³/mol. The zero-order valence-corrected chi connectivity index (χ0v) is 12.8. The molecular weight excluding hydrogens is 272 g/mol. The standard InChI is InChI=1S/C14H20N4O3/c1-9-7-10(2)18(16-9)6-5-12(20)17-8-11(19)15-13(21)14(17,3)4/h7H,5-6,8H2,1-4H3,(H,15,19,21). The SMILES string of the molecule is Cc1cc(C)n(CCC(=O)N2CC(=O)NC(=O)C2(C)C)n1. The molecular formula is C14H20N4O3. The largest absolute Gasteiger partial charge is 0.319 e. The van der Waals surface area contributed by atoms with E-state index in [1.54, 1.807) is 18.5 Å².